The average molecular weight is 327 g/mol. The number of nitrogens with zero attached hydrogens (tertiary/aromatic N) is 1. The first-order valence-corrected chi connectivity index (χ1v) is 8.66. The lowest BCUT2D eigenvalue weighted by Crippen LogP contribution is -2.46. The van der Waals surface area contributed by atoms with Crippen LogP contribution in [0.5, 0.6) is 0 Å². The molecule has 1 aromatic rings. The maximum Gasteiger partial charge on any atom is 0.407 e. The van der Waals surface area contributed by atoms with Crippen LogP contribution in [0.15, 0.2) is 29.2 Å². The summed E-state index contributed by atoms with van der Waals surface area (Å²) < 4.78 is 29.3. The van der Waals surface area contributed by atoms with Gasteiger partial charge in [-0.1, -0.05) is 17.7 Å². The highest BCUT2D eigenvalue weighted by Gasteiger charge is 2.30. The maximum absolute atomic E-state index is 12.1. The number of amides is 1. The molecule has 2 atom stereocenters. The summed E-state index contributed by atoms with van der Waals surface area (Å²) in [5.74, 6) is -0.104. The van der Waals surface area contributed by atoms with Crippen molar-refractivity contribution in [2.24, 2.45) is 5.92 Å². The second-order valence-corrected chi connectivity index (χ2v) is 7.39. The Balaban J connectivity index is 1.97. The summed E-state index contributed by atoms with van der Waals surface area (Å²) in [7, 11) is -3.79. The van der Waals surface area contributed by atoms with Crippen molar-refractivity contribution in [3.8, 4) is 0 Å². The van der Waals surface area contributed by atoms with Crippen molar-refractivity contribution in [1.29, 1.82) is 0 Å². The predicted octanol–water partition coefficient (Wildman–Crippen LogP) is 2.48. The highest BCUT2D eigenvalue weighted by molar-refractivity contribution is 7.86. The number of carboxylic acid groups (broad SMARTS) is 1. The molecule has 1 amide bonds. The van der Waals surface area contributed by atoms with E-state index in [0.717, 1.165) is 12.0 Å². The summed E-state index contributed by atoms with van der Waals surface area (Å²) in [6.45, 7) is 4.04. The van der Waals surface area contributed by atoms with Crippen LogP contribution in [0.1, 0.15) is 25.3 Å². The number of benzene rings is 1. The number of hydrogen-bond donors (Lipinski definition) is 1. The molecule has 2 rings (SSSR count). The standard InChI is InChI=1S/C15H21NO5S/c1-11-3-7-14(8-4-11)22(19,20)21-10-13-6-5-12(2)16(9-13)15(17)18/h3-4,7-8,12-13H,5-6,9-10H2,1-2H3,(H,17,18)/t12-,13-/m1/s1. The molecule has 1 heterocycles. The van der Waals surface area contributed by atoms with E-state index in [1.165, 1.54) is 17.0 Å². The zero-order valence-electron chi connectivity index (χ0n) is 12.7. The molecule has 1 fully saturated rings. The third-order valence-electron chi connectivity index (χ3n) is 3.99. The summed E-state index contributed by atoms with van der Waals surface area (Å²) in [6.07, 6.45) is 0.498. The highest BCUT2D eigenvalue weighted by atomic mass is 32.2. The summed E-state index contributed by atoms with van der Waals surface area (Å²) >= 11 is 0. The van der Waals surface area contributed by atoms with E-state index < -0.39 is 16.2 Å². The van der Waals surface area contributed by atoms with Crippen LogP contribution in [0.2, 0.25) is 0 Å². The average Bonchev–Trinajstić information content (AvgIpc) is 2.46. The largest absolute Gasteiger partial charge is 0.465 e. The van der Waals surface area contributed by atoms with Crippen molar-refractivity contribution >= 4 is 16.2 Å². The molecule has 6 nitrogen and oxygen atoms in total. The second-order valence-electron chi connectivity index (χ2n) is 5.78. The molecule has 22 heavy (non-hydrogen) atoms. The second kappa shape index (κ2) is 6.66. The molecular weight excluding hydrogens is 306 g/mol. The Kier molecular flexibility index (Phi) is 5.08. The fourth-order valence-electron chi connectivity index (χ4n) is 2.54. The predicted molar refractivity (Wildman–Crippen MR) is 81.2 cm³/mol. The van der Waals surface area contributed by atoms with Gasteiger partial charge in [0.1, 0.15) is 0 Å². The molecule has 1 aliphatic heterocycles. The van der Waals surface area contributed by atoms with Gasteiger partial charge < -0.3 is 10.0 Å². The minimum atomic E-state index is -3.79. The van der Waals surface area contributed by atoms with Gasteiger partial charge in [0.25, 0.3) is 10.1 Å². The Morgan fingerprint density at radius 2 is 1.95 bits per heavy atom. The van der Waals surface area contributed by atoms with Crippen molar-refractivity contribution in [3.05, 3.63) is 29.8 Å². The first kappa shape index (κ1) is 16.8. The smallest absolute Gasteiger partial charge is 0.407 e. The molecule has 0 aromatic heterocycles. The lowest BCUT2D eigenvalue weighted by atomic mass is 9.95. The fraction of sp³-hybridized carbons (Fsp3) is 0.533. The van der Waals surface area contributed by atoms with Crippen molar-refractivity contribution in [3.63, 3.8) is 0 Å². The zero-order valence-corrected chi connectivity index (χ0v) is 13.5. The third kappa shape index (κ3) is 3.98. The third-order valence-corrected chi connectivity index (χ3v) is 5.29. The summed E-state index contributed by atoms with van der Waals surface area (Å²) in [5, 5.41) is 9.13. The SMILES string of the molecule is Cc1ccc(S(=O)(=O)OC[C@@H]2CC[C@@H](C)N(C(=O)O)C2)cc1. The molecule has 0 saturated carbocycles. The first-order valence-electron chi connectivity index (χ1n) is 7.25. The molecule has 1 saturated heterocycles. The lowest BCUT2D eigenvalue weighted by molar-refractivity contribution is 0.0791. The van der Waals surface area contributed by atoms with Crippen LogP contribution in [0, 0.1) is 12.8 Å². The van der Waals surface area contributed by atoms with Gasteiger partial charge in [-0.2, -0.15) is 8.42 Å². The van der Waals surface area contributed by atoms with Gasteiger partial charge in [-0.15, -0.1) is 0 Å². The molecule has 0 unspecified atom stereocenters. The molecule has 0 aliphatic carbocycles. The molecule has 1 N–H and O–H groups in total. The minimum Gasteiger partial charge on any atom is -0.465 e. The van der Waals surface area contributed by atoms with Gasteiger partial charge in [-0.05, 0) is 38.8 Å². The molecule has 122 valence electrons. The molecular formula is C15H21NO5S. The van der Waals surface area contributed by atoms with Crippen molar-refractivity contribution in [2.45, 2.75) is 37.6 Å². The van der Waals surface area contributed by atoms with Gasteiger partial charge in [-0.25, -0.2) is 4.79 Å². The number of rotatable bonds is 4. The molecule has 1 aromatic carbocycles. The summed E-state index contributed by atoms with van der Waals surface area (Å²) in [4.78, 5) is 12.6. The van der Waals surface area contributed by atoms with Crippen LogP contribution in [0.3, 0.4) is 0 Å². The molecule has 1 aliphatic rings. The Bertz CT molecular complexity index is 626. The Morgan fingerprint density at radius 1 is 1.32 bits per heavy atom. The van der Waals surface area contributed by atoms with E-state index in [1.807, 2.05) is 13.8 Å². The molecule has 0 spiro atoms. The van der Waals surface area contributed by atoms with Crippen LogP contribution in [-0.2, 0) is 14.3 Å². The maximum atomic E-state index is 12.1. The van der Waals surface area contributed by atoms with Crippen LogP contribution in [0.25, 0.3) is 0 Å². The van der Waals surface area contributed by atoms with Crippen LogP contribution >= 0.6 is 0 Å². The van der Waals surface area contributed by atoms with Gasteiger partial charge in [0.2, 0.25) is 0 Å². The normalized spacial score (nSPS) is 22.5. The van der Waals surface area contributed by atoms with E-state index in [1.54, 1.807) is 12.1 Å². The zero-order chi connectivity index (χ0) is 16.3. The summed E-state index contributed by atoms with van der Waals surface area (Å²) in [6, 6.07) is 6.41. The molecule has 0 bridgehead atoms. The Morgan fingerprint density at radius 3 is 2.55 bits per heavy atom. The van der Waals surface area contributed by atoms with E-state index in [9.17, 15) is 13.2 Å². The van der Waals surface area contributed by atoms with E-state index in [2.05, 4.69) is 0 Å². The van der Waals surface area contributed by atoms with Gasteiger partial charge in [0, 0.05) is 18.5 Å². The van der Waals surface area contributed by atoms with Gasteiger partial charge >= 0.3 is 6.09 Å². The number of hydrogen-bond acceptors (Lipinski definition) is 4. The van der Waals surface area contributed by atoms with E-state index in [-0.39, 0.29) is 23.5 Å². The van der Waals surface area contributed by atoms with Crippen molar-refractivity contribution < 1.29 is 22.5 Å². The topological polar surface area (TPSA) is 83.9 Å². The van der Waals surface area contributed by atoms with E-state index in [4.69, 9.17) is 9.29 Å². The number of aryl methyl sites for hydroxylation is 1. The fourth-order valence-corrected chi connectivity index (χ4v) is 3.52. The first-order chi connectivity index (χ1) is 10.3. The monoisotopic (exact) mass is 327 g/mol. The van der Waals surface area contributed by atoms with Crippen molar-refractivity contribution in [2.75, 3.05) is 13.2 Å². The lowest BCUT2D eigenvalue weighted by Gasteiger charge is -2.35. The van der Waals surface area contributed by atoms with Crippen LogP contribution < -0.4 is 0 Å². The highest BCUT2D eigenvalue weighted by Crippen LogP contribution is 2.23. The van der Waals surface area contributed by atoms with Crippen LogP contribution in [0.4, 0.5) is 4.79 Å². The van der Waals surface area contributed by atoms with E-state index in [0.29, 0.717) is 13.0 Å². The summed E-state index contributed by atoms with van der Waals surface area (Å²) in [5.41, 5.74) is 0.970. The number of likely N-dealkylation sites (tertiary alicyclic amines) is 1. The Labute approximate surface area is 130 Å². The number of piperidine rings is 1. The minimum absolute atomic E-state index is 0.00666. The Hall–Kier alpha value is -1.60. The quantitative estimate of drug-likeness (QED) is 0.859. The molecule has 7 heteroatoms. The van der Waals surface area contributed by atoms with Crippen LogP contribution in [-0.4, -0.2) is 43.7 Å². The van der Waals surface area contributed by atoms with Crippen molar-refractivity contribution in [1.82, 2.24) is 4.90 Å². The number of carbonyl (C=O) groups is 1. The van der Waals surface area contributed by atoms with Gasteiger partial charge in [0.05, 0.1) is 11.5 Å². The van der Waals surface area contributed by atoms with E-state index >= 15 is 0 Å². The molecule has 0 radical (unpaired) electrons. The van der Waals surface area contributed by atoms with Gasteiger partial charge in [-0.3, -0.25) is 4.18 Å². The van der Waals surface area contributed by atoms with Gasteiger partial charge in [0.15, 0.2) is 0 Å².